The molecule has 1 saturated carbocycles. The largest absolute Gasteiger partial charge is 0.497 e. The Morgan fingerprint density at radius 1 is 1.13 bits per heavy atom. The predicted molar refractivity (Wildman–Crippen MR) is 83.5 cm³/mol. The Balaban J connectivity index is 1.63. The number of hydrogen-bond donors (Lipinski definition) is 0. The van der Waals surface area contributed by atoms with E-state index in [9.17, 15) is 9.59 Å². The molecule has 0 radical (unpaired) electrons. The molecule has 0 N–H and O–H groups in total. The van der Waals surface area contributed by atoms with E-state index in [1.807, 2.05) is 11.1 Å². The maximum absolute atomic E-state index is 13.0. The van der Waals surface area contributed by atoms with Crippen molar-refractivity contribution in [3.63, 3.8) is 0 Å². The Labute approximate surface area is 134 Å². The molecule has 0 spiro atoms. The van der Waals surface area contributed by atoms with E-state index >= 15 is 0 Å². The molecule has 1 aromatic carbocycles. The number of rotatable bonds is 3. The molecule has 3 amide bonds. The van der Waals surface area contributed by atoms with E-state index in [0.717, 1.165) is 19.4 Å². The molecule has 1 saturated heterocycles. The first kappa shape index (κ1) is 14.5. The topological polar surface area (TPSA) is 65.3 Å². The second kappa shape index (κ2) is 5.50. The Morgan fingerprint density at radius 3 is 2.70 bits per heavy atom. The summed E-state index contributed by atoms with van der Waals surface area (Å²) in [7, 11) is 0. The molecule has 2 aliphatic heterocycles. The van der Waals surface area contributed by atoms with Gasteiger partial charge in [0.2, 0.25) is 0 Å². The Kier molecular flexibility index (Phi) is 3.46. The Morgan fingerprint density at radius 2 is 1.91 bits per heavy atom. The lowest BCUT2D eigenvalue weighted by molar-refractivity contribution is -0.115. The minimum absolute atomic E-state index is 0.342. The number of benzene rings is 1. The summed E-state index contributed by atoms with van der Waals surface area (Å²) >= 11 is 0. The third-order valence-corrected chi connectivity index (χ3v) is 5.26. The van der Waals surface area contributed by atoms with Crippen LogP contribution >= 0.6 is 0 Å². The molecule has 0 bridgehead atoms. The molecule has 7 heteroatoms. The summed E-state index contributed by atoms with van der Waals surface area (Å²) in [6.45, 7) is 0.799. The number of para-hydroxylation sites is 1. The van der Waals surface area contributed by atoms with Crippen LogP contribution in [-0.2, 0) is 4.79 Å². The van der Waals surface area contributed by atoms with Gasteiger partial charge >= 0.3 is 12.4 Å². The van der Waals surface area contributed by atoms with E-state index in [-0.39, 0.29) is 0 Å². The number of imide groups is 1. The molecule has 23 heavy (non-hydrogen) atoms. The molecule has 1 aliphatic carbocycles. The van der Waals surface area contributed by atoms with Crippen LogP contribution in [0, 0.1) is 5.92 Å². The van der Waals surface area contributed by atoms with Crippen molar-refractivity contribution in [3.05, 3.63) is 30.3 Å². The fourth-order valence-corrected chi connectivity index (χ4v) is 4.04. The molecule has 2 heterocycles. The third-order valence-electron chi connectivity index (χ3n) is 5.26. The van der Waals surface area contributed by atoms with E-state index < -0.39 is 10.6 Å². The monoisotopic (exact) mass is 314 g/mol. The number of urea groups is 1. The van der Waals surface area contributed by atoms with Gasteiger partial charge in [-0.3, -0.25) is 0 Å². The summed E-state index contributed by atoms with van der Waals surface area (Å²) in [5.41, 5.74) is 0.512. The SMILES string of the molecule is O=C[N+]1(c2ccccc2)N=NN(N2CCC3CCCCC32)C1=O. The fourth-order valence-electron chi connectivity index (χ4n) is 4.04. The van der Waals surface area contributed by atoms with Crippen molar-refractivity contribution in [2.24, 2.45) is 16.4 Å². The number of hydrogen-bond acceptors (Lipinski definition) is 5. The van der Waals surface area contributed by atoms with Crippen molar-refractivity contribution < 1.29 is 9.59 Å². The van der Waals surface area contributed by atoms with E-state index in [4.69, 9.17) is 0 Å². The van der Waals surface area contributed by atoms with E-state index in [0.29, 0.717) is 24.1 Å². The van der Waals surface area contributed by atoms with Gasteiger partial charge in [0.05, 0.1) is 5.22 Å². The molecule has 7 nitrogen and oxygen atoms in total. The van der Waals surface area contributed by atoms with Crippen molar-refractivity contribution in [2.75, 3.05) is 6.54 Å². The van der Waals surface area contributed by atoms with E-state index in [1.54, 1.807) is 24.3 Å². The highest BCUT2D eigenvalue weighted by molar-refractivity contribution is 5.99. The van der Waals surface area contributed by atoms with E-state index in [1.165, 1.54) is 24.4 Å². The Bertz CT molecular complexity index is 649. The van der Waals surface area contributed by atoms with Crippen LogP contribution < -0.4 is 4.59 Å². The number of carbonyl (C=O) groups excluding carboxylic acids is 2. The summed E-state index contributed by atoms with van der Waals surface area (Å²) in [4.78, 5) is 24.7. The van der Waals surface area contributed by atoms with E-state index in [2.05, 4.69) is 10.4 Å². The van der Waals surface area contributed by atoms with Crippen LogP contribution in [-0.4, -0.2) is 35.2 Å². The summed E-state index contributed by atoms with van der Waals surface area (Å²) in [6, 6.07) is 8.79. The van der Waals surface area contributed by atoms with Gasteiger partial charge in [-0.05, 0) is 25.2 Å². The zero-order valence-corrected chi connectivity index (χ0v) is 12.9. The number of carbonyl (C=O) groups is 2. The van der Waals surface area contributed by atoms with Gasteiger partial charge < -0.3 is 0 Å². The lowest BCUT2D eigenvalue weighted by Gasteiger charge is -2.33. The molecule has 0 aromatic heterocycles. The van der Waals surface area contributed by atoms with Gasteiger partial charge in [-0.1, -0.05) is 36.2 Å². The highest BCUT2D eigenvalue weighted by atomic mass is 16.2. The standard InChI is InChI=1S/C16H20N5O2/c22-12-21(14-7-2-1-3-8-14)16(23)20(17-18-21)19-11-10-13-6-4-5-9-15(13)19/h1-3,7-8,12-13,15H,4-6,9-11H2/q+1. The van der Waals surface area contributed by atoms with Gasteiger partial charge in [0.1, 0.15) is 0 Å². The average Bonchev–Trinajstić information content (AvgIpc) is 3.17. The number of fused-ring (bicyclic) bond motifs is 1. The lowest BCUT2D eigenvalue weighted by atomic mass is 9.85. The lowest BCUT2D eigenvalue weighted by Crippen LogP contribution is -2.55. The fraction of sp³-hybridized carbons (Fsp3) is 0.500. The van der Waals surface area contributed by atoms with Gasteiger partial charge in [-0.2, -0.15) is 9.80 Å². The summed E-state index contributed by atoms with van der Waals surface area (Å²) in [5.74, 6) is 0.627. The smallest absolute Gasteiger partial charge is 0.230 e. The van der Waals surface area contributed by atoms with Crippen LogP contribution in [0.4, 0.5) is 10.5 Å². The Hall–Kier alpha value is -2.12. The highest BCUT2D eigenvalue weighted by Gasteiger charge is 2.55. The molecule has 4 rings (SSSR count). The molecular formula is C16H20N5O2+. The number of nitrogens with zero attached hydrogens (tertiary/aromatic N) is 5. The quantitative estimate of drug-likeness (QED) is 0.636. The number of quaternary nitrogens is 1. The second-order valence-corrected chi connectivity index (χ2v) is 6.44. The minimum atomic E-state index is -0.741. The summed E-state index contributed by atoms with van der Waals surface area (Å²) < 4.78 is -0.741. The molecule has 3 atom stereocenters. The minimum Gasteiger partial charge on any atom is -0.230 e. The molecule has 2 fully saturated rings. The first-order valence-electron chi connectivity index (χ1n) is 8.21. The van der Waals surface area contributed by atoms with Crippen LogP contribution in [0.25, 0.3) is 0 Å². The van der Waals surface area contributed by atoms with Gasteiger partial charge in [-0.25, -0.2) is 4.79 Å². The first-order valence-corrected chi connectivity index (χ1v) is 8.21. The van der Waals surface area contributed by atoms with Crippen LogP contribution in [0.3, 0.4) is 0 Å². The van der Waals surface area contributed by atoms with Crippen molar-refractivity contribution >= 4 is 18.1 Å². The van der Waals surface area contributed by atoms with Crippen LogP contribution in [0.5, 0.6) is 0 Å². The van der Waals surface area contributed by atoms with Gasteiger partial charge in [0.15, 0.2) is 5.69 Å². The molecular weight excluding hydrogens is 294 g/mol. The van der Waals surface area contributed by atoms with Crippen molar-refractivity contribution in [2.45, 2.75) is 38.1 Å². The zero-order valence-electron chi connectivity index (χ0n) is 12.9. The molecule has 1 aromatic rings. The van der Waals surface area contributed by atoms with Crippen molar-refractivity contribution in [1.29, 1.82) is 0 Å². The summed E-state index contributed by atoms with van der Waals surface area (Å²) in [6.07, 6.45) is 6.38. The summed E-state index contributed by atoms with van der Waals surface area (Å²) in [5, 5.41) is 11.4. The highest BCUT2D eigenvalue weighted by Crippen LogP contribution is 2.39. The third kappa shape index (κ3) is 2.11. The molecule has 3 aliphatic rings. The predicted octanol–water partition coefficient (Wildman–Crippen LogP) is 3.05. The van der Waals surface area contributed by atoms with Gasteiger partial charge in [0.25, 0.3) is 0 Å². The number of hydrazine groups is 1. The van der Waals surface area contributed by atoms with Crippen LogP contribution in [0.2, 0.25) is 0 Å². The average molecular weight is 314 g/mol. The number of amides is 3. The maximum atomic E-state index is 13.0. The van der Waals surface area contributed by atoms with Gasteiger partial charge in [-0.15, -0.1) is 0 Å². The zero-order chi connectivity index (χ0) is 15.9. The van der Waals surface area contributed by atoms with Gasteiger partial charge in [0, 0.05) is 34.5 Å². The van der Waals surface area contributed by atoms with Crippen LogP contribution in [0.1, 0.15) is 32.1 Å². The van der Waals surface area contributed by atoms with Crippen molar-refractivity contribution in [1.82, 2.24) is 14.7 Å². The van der Waals surface area contributed by atoms with Crippen LogP contribution in [0.15, 0.2) is 40.8 Å². The second-order valence-electron chi connectivity index (χ2n) is 6.44. The molecule has 120 valence electrons. The maximum Gasteiger partial charge on any atom is 0.497 e. The molecule has 3 unspecified atom stereocenters. The van der Waals surface area contributed by atoms with Crippen molar-refractivity contribution in [3.8, 4) is 0 Å². The first-order chi connectivity index (χ1) is 11.3. The normalized spacial score (nSPS) is 33.9.